The molecule has 0 radical (unpaired) electrons. The molecule has 1 aromatic heterocycles. The Morgan fingerprint density at radius 1 is 1.38 bits per heavy atom. The first kappa shape index (κ1) is 8.52. The van der Waals surface area contributed by atoms with Gasteiger partial charge in [0.2, 0.25) is 0 Å². The van der Waals surface area contributed by atoms with E-state index in [4.69, 9.17) is 0 Å². The number of thioether (sulfide) groups is 1. The third-order valence-electron chi connectivity index (χ3n) is 1.46. The first-order valence-electron chi connectivity index (χ1n) is 3.54. The molecule has 0 bridgehead atoms. The molecular weight excluding hydrogens is 206 g/mol. The van der Waals surface area contributed by atoms with Crippen LogP contribution in [0.3, 0.4) is 0 Å². The van der Waals surface area contributed by atoms with E-state index >= 15 is 0 Å². The fraction of sp³-hybridized carbons (Fsp3) is 0. The number of thiophene rings is 1. The highest BCUT2D eigenvalue weighted by molar-refractivity contribution is 8.18. The predicted octanol–water partition coefficient (Wildman–Crippen LogP) is 2.07. The van der Waals surface area contributed by atoms with Crippen molar-refractivity contribution in [3.05, 3.63) is 27.3 Å². The van der Waals surface area contributed by atoms with Gasteiger partial charge in [-0.15, -0.1) is 11.3 Å². The molecule has 1 aromatic rings. The van der Waals surface area contributed by atoms with E-state index in [1.807, 2.05) is 17.5 Å². The van der Waals surface area contributed by atoms with Gasteiger partial charge in [-0.1, -0.05) is 6.07 Å². The fourth-order valence-corrected chi connectivity index (χ4v) is 2.33. The lowest BCUT2D eigenvalue weighted by atomic mass is 10.4. The average molecular weight is 211 g/mol. The molecule has 5 heteroatoms. The first-order chi connectivity index (χ1) is 6.25. The second-order valence-corrected chi connectivity index (χ2v) is 4.36. The summed E-state index contributed by atoms with van der Waals surface area (Å²) in [6.07, 6.45) is 1.72. The zero-order chi connectivity index (χ0) is 9.26. The first-order valence-corrected chi connectivity index (χ1v) is 5.24. The Kier molecular flexibility index (Phi) is 2.20. The van der Waals surface area contributed by atoms with Crippen molar-refractivity contribution in [2.45, 2.75) is 0 Å². The molecule has 1 aliphatic heterocycles. The van der Waals surface area contributed by atoms with E-state index in [0.717, 1.165) is 16.6 Å². The third-order valence-corrected chi connectivity index (χ3v) is 3.09. The van der Waals surface area contributed by atoms with E-state index in [1.54, 1.807) is 6.08 Å². The van der Waals surface area contributed by atoms with Crippen molar-refractivity contribution in [2.75, 3.05) is 0 Å². The Balaban J connectivity index is 2.27. The molecule has 0 aliphatic carbocycles. The van der Waals surface area contributed by atoms with E-state index in [1.165, 1.54) is 11.3 Å². The predicted molar refractivity (Wildman–Crippen MR) is 53.4 cm³/mol. The molecule has 0 unspecified atom stereocenters. The Bertz CT molecular complexity index is 381. The van der Waals surface area contributed by atoms with E-state index < -0.39 is 0 Å². The van der Waals surface area contributed by atoms with Crippen molar-refractivity contribution in [1.29, 1.82) is 0 Å². The van der Waals surface area contributed by atoms with Gasteiger partial charge in [0.15, 0.2) is 0 Å². The second kappa shape index (κ2) is 3.35. The fourth-order valence-electron chi connectivity index (χ4n) is 0.924. The maximum absolute atomic E-state index is 11.1. The van der Waals surface area contributed by atoms with Crippen LogP contribution in [0.4, 0.5) is 4.79 Å². The van der Waals surface area contributed by atoms with Gasteiger partial charge in [0.1, 0.15) is 0 Å². The average Bonchev–Trinajstić information content (AvgIpc) is 2.63. The van der Waals surface area contributed by atoms with Crippen molar-refractivity contribution < 1.29 is 9.59 Å². The lowest BCUT2D eigenvalue weighted by Gasteiger charge is -1.87. The molecule has 0 atom stereocenters. The minimum absolute atomic E-state index is 0.298. The van der Waals surface area contributed by atoms with Crippen molar-refractivity contribution in [2.24, 2.45) is 0 Å². The number of hydrogen-bond acceptors (Lipinski definition) is 4. The second-order valence-electron chi connectivity index (χ2n) is 2.37. The molecule has 1 saturated heterocycles. The Morgan fingerprint density at radius 3 is 2.77 bits per heavy atom. The van der Waals surface area contributed by atoms with Crippen LogP contribution in [0.1, 0.15) is 4.88 Å². The quantitative estimate of drug-likeness (QED) is 0.723. The van der Waals surface area contributed by atoms with Crippen LogP contribution >= 0.6 is 23.1 Å². The number of carbonyl (C=O) groups excluding carboxylic acids is 2. The Morgan fingerprint density at radius 2 is 2.23 bits per heavy atom. The molecule has 0 aromatic carbocycles. The van der Waals surface area contributed by atoms with Crippen LogP contribution in [0.2, 0.25) is 0 Å². The molecule has 2 amide bonds. The van der Waals surface area contributed by atoms with Gasteiger partial charge in [-0.2, -0.15) is 0 Å². The molecule has 3 nitrogen and oxygen atoms in total. The summed E-state index contributed by atoms with van der Waals surface area (Å²) in [5.41, 5.74) is 0. The molecule has 1 fully saturated rings. The number of amides is 2. The lowest BCUT2D eigenvalue weighted by Crippen LogP contribution is -2.17. The summed E-state index contributed by atoms with van der Waals surface area (Å²) in [5, 5.41) is 3.82. The van der Waals surface area contributed by atoms with Crippen LogP contribution < -0.4 is 5.32 Å². The van der Waals surface area contributed by atoms with E-state index in [0.29, 0.717) is 4.91 Å². The monoisotopic (exact) mass is 211 g/mol. The number of hydrogen-bond donors (Lipinski definition) is 1. The van der Waals surface area contributed by atoms with Crippen molar-refractivity contribution in [3.63, 3.8) is 0 Å². The van der Waals surface area contributed by atoms with Crippen LogP contribution in [0.25, 0.3) is 6.08 Å². The minimum atomic E-state index is -0.302. The molecule has 2 rings (SSSR count). The molecule has 2 heterocycles. The molecule has 13 heavy (non-hydrogen) atoms. The summed E-state index contributed by atoms with van der Waals surface area (Å²) in [6, 6.07) is 3.80. The van der Waals surface area contributed by atoms with E-state index in [2.05, 4.69) is 5.32 Å². The van der Waals surface area contributed by atoms with Gasteiger partial charge in [-0.25, -0.2) is 0 Å². The SMILES string of the molecule is O=C1NC(=O)C(=Cc2cccs2)S1. The highest BCUT2D eigenvalue weighted by atomic mass is 32.2. The van der Waals surface area contributed by atoms with Crippen LogP contribution in [-0.4, -0.2) is 11.1 Å². The van der Waals surface area contributed by atoms with Crippen LogP contribution in [0, 0.1) is 0 Å². The molecular formula is C8H5NO2S2. The summed E-state index contributed by atoms with van der Waals surface area (Å²) in [4.78, 5) is 23.3. The summed E-state index contributed by atoms with van der Waals surface area (Å²) in [6.45, 7) is 0. The summed E-state index contributed by atoms with van der Waals surface area (Å²) < 4.78 is 0. The molecule has 66 valence electrons. The van der Waals surface area contributed by atoms with Gasteiger partial charge in [0.05, 0.1) is 4.91 Å². The zero-order valence-electron chi connectivity index (χ0n) is 6.44. The van der Waals surface area contributed by atoms with Gasteiger partial charge in [0.25, 0.3) is 11.1 Å². The van der Waals surface area contributed by atoms with E-state index in [9.17, 15) is 9.59 Å². The van der Waals surface area contributed by atoms with Gasteiger partial charge < -0.3 is 0 Å². The largest absolute Gasteiger partial charge is 0.290 e. The summed E-state index contributed by atoms with van der Waals surface area (Å²) >= 11 is 2.47. The zero-order valence-corrected chi connectivity index (χ0v) is 8.08. The number of nitrogens with one attached hydrogen (secondary N) is 1. The van der Waals surface area contributed by atoms with Gasteiger partial charge in [0, 0.05) is 4.88 Å². The van der Waals surface area contributed by atoms with Crippen LogP contribution in [0.5, 0.6) is 0 Å². The topological polar surface area (TPSA) is 46.2 Å². The minimum Gasteiger partial charge on any atom is -0.282 e. The van der Waals surface area contributed by atoms with Gasteiger partial charge in [-0.05, 0) is 29.3 Å². The van der Waals surface area contributed by atoms with Gasteiger partial charge in [-0.3, -0.25) is 14.9 Å². The molecule has 0 saturated carbocycles. The maximum atomic E-state index is 11.1. The third kappa shape index (κ3) is 1.81. The lowest BCUT2D eigenvalue weighted by molar-refractivity contribution is -0.115. The highest BCUT2D eigenvalue weighted by Crippen LogP contribution is 2.26. The maximum Gasteiger partial charge on any atom is 0.290 e. The number of imide groups is 1. The smallest absolute Gasteiger partial charge is 0.282 e. The van der Waals surface area contributed by atoms with E-state index in [-0.39, 0.29) is 11.1 Å². The Hall–Kier alpha value is -1.07. The summed E-state index contributed by atoms with van der Waals surface area (Å²) in [5.74, 6) is -0.302. The van der Waals surface area contributed by atoms with Crippen LogP contribution in [0.15, 0.2) is 22.4 Å². The summed E-state index contributed by atoms with van der Waals surface area (Å²) in [7, 11) is 0. The normalized spacial score (nSPS) is 19.5. The van der Waals surface area contributed by atoms with Crippen molar-refractivity contribution in [1.82, 2.24) is 5.32 Å². The molecule has 1 N–H and O–H groups in total. The Labute approximate surface area is 82.8 Å². The van der Waals surface area contributed by atoms with Crippen LogP contribution in [-0.2, 0) is 4.79 Å². The van der Waals surface area contributed by atoms with Gasteiger partial charge >= 0.3 is 0 Å². The molecule has 1 aliphatic rings. The van der Waals surface area contributed by atoms with Crippen molar-refractivity contribution in [3.8, 4) is 0 Å². The standard InChI is InChI=1S/C8H5NO2S2/c10-7-6(13-8(11)9-7)4-5-2-1-3-12-5/h1-4H,(H,9,10,11). The van der Waals surface area contributed by atoms with Crippen molar-refractivity contribution >= 4 is 40.3 Å². The molecule has 0 spiro atoms. The number of rotatable bonds is 1. The number of carbonyl (C=O) groups is 2. The highest BCUT2D eigenvalue weighted by Gasteiger charge is 2.24.